The van der Waals surface area contributed by atoms with Crippen LogP contribution in [0.3, 0.4) is 0 Å². The number of carbonyl (C=O) groups is 2. The zero-order valence-electron chi connectivity index (χ0n) is 19.6. The fourth-order valence-electron chi connectivity index (χ4n) is 3.33. The maximum Gasteiger partial charge on any atom is 0.304 e. The van der Waals surface area contributed by atoms with Crippen molar-refractivity contribution in [3.05, 3.63) is 65.5 Å². The van der Waals surface area contributed by atoms with Gasteiger partial charge < -0.3 is 10.2 Å². The highest BCUT2D eigenvalue weighted by Gasteiger charge is 2.34. The van der Waals surface area contributed by atoms with Crippen LogP contribution in [0.4, 0.5) is 10.1 Å². The van der Waals surface area contributed by atoms with Crippen molar-refractivity contribution in [3.8, 4) is 0 Å². The van der Waals surface area contributed by atoms with Crippen molar-refractivity contribution >= 4 is 27.7 Å². The number of nitrogens with zero attached hydrogens (tertiary/aromatic N) is 3. The first-order valence-corrected chi connectivity index (χ1v) is 11.9. The highest BCUT2D eigenvalue weighted by Crippen LogP contribution is 2.24. The molecule has 180 valence electrons. The molecule has 33 heavy (non-hydrogen) atoms. The number of likely N-dealkylation sites (N-methyl/N-ethyl adjacent to an activating group) is 1. The van der Waals surface area contributed by atoms with Gasteiger partial charge in [0.05, 0.1) is 5.69 Å². The number of amides is 2. The van der Waals surface area contributed by atoms with Crippen LogP contribution in [0, 0.1) is 12.7 Å². The molecule has 0 unspecified atom stereocenters. The van der Waals surface area contributed by atoms with E-state index in [-0.39, 0.29) is 18.1 Å². The molecule has 0 bridgehead atoms. The van der Waals surface area contributed by atoms with Gasteiger partial charge in [0.2, 0.25) is 11.8 Å². The lowest BCUT2D eigenvalue weighted by molar-refractivity contribution is -0.140. The fraction of sp³-hybridized carbons (Fsp3) is 0.391. The number of hydrogen-bond donors (Lipinski definition) is 1. The predicted octanol–water partition coefficient (Wildman–Crippen LogP) is 2.30. The summed E-state index contributed by atoms with van der Waals surface area (Å²) < 4.78 is 42.2. The van der Waals surface area contributed by atoms with Gasteiger partial charge in [-0.15, -0.1) is 0 Å². The number of rotatable bonds is 10. The van der Waals surface area contributed by atoms with Crippen LogP contribution in [0.1, 0.15) is 24.5 Å². The molecule has 2 aromatic carbocycles. The second kappa shape index (κ2) is 11.2. The second-order valence-corrected chi connectivity index (χ2v) is 9.86. The second-order valence-electron chi connectivity index (χ2n) is 7.79. The number of halogens is 1. The van der Waals surface area contributed by atoms with Crippen molar-refractivity contribution in [2.24, 2.45) is 0 Å². The summed E-state index contributed by atoms with van der Waals surface area (Å²) in [5, 5.41) is 2.56. The van der Waals surface area contributed by atoms with Crippen molar-refractivity contribution in [3.63, 3.8) is 0 Å². The van der Waals surface area contributed by atoms with E-state index in [9.17, 15) is 22.4 Å². The van der Waals surface area contributed by atoms with Gasteiger partial charge in [0, 0.05) is 27.7 Å². The number of aryl methyl sites for hydroxylation is 1. The Labute approximate surface area is 195 Å². The summed E-state index contributed by atoms with van der Waals surface area (Å²) in [5.41, 5.74) is 1.57. The van der Waals surface area contributed by atoms with E-state index in [1.807, 2.05) is 31.2 Å². The monoisotopic (exact) mass is 478 g/mol. The predicted molar refractivity (Wildman–Crippen MR) is 126 cm³/mol. The zero-order valence-corrected chi connectivity index (χ0v) is 20.4. The minimum absolute atomic E-state index is 0.0954. The SMILES string of the molecule is CC[C@@H](C(=O)NC)N(Cc1ccc(C)cc1)C(=O)CN(c1ccccc1F)S(=O)(=O)N(C)C. The van der Waals surface area contributed by atoms with Gasteiger partial charge in [0.15, 0.2) is 0 Å². The van der Waals surface area contributed by atoms with Crippen LogP contribution < -0.4 is 9.62 Å². The van der Waals surface area contributed by atoms with E-state index in [1.54, 1.807) is 6.92 Å². The van der Waals surface area contributed by atoms with Gasteiger partial charge in [-0.25, -0.2) is 8.70 Å². The van der Waals surface area contributed by atoms with Crippen LogP contribution in [0.5, 0.6) is 0 Å². The normalized spacial score (nSPS) is 12.3. The Morgan fingerprint density at radius 1 is 1.06 bits per heavy atom. The molecule has 10 heteroatoms. The first kappa shape index (κ1) is 26.3. The summed E-state index contributed by atoms with van der Waals surface area (Å²) in [5.74, 6) is -1.77. The minimum Gasteiger partial charge on any atom is -0.357 e. The maximum atomic E-state index is 14.6. The van der Waals surface area contributed by atoms with Crippen LogP contribution in [-0.4, -0.2) is 63.2 Å². The Hall–Kier alpha value is -2.98. The number of carbonyl (C=O) groups excluding carboxylic acids is 2. The molecule has 1 N–H and O–H groups in total. The maximum absolute atomic E-state index is 14.6. The highest BCUT2D eigenvalue weighted by molar-refractivity contribution is 7.90. The zero-order chi connectivity index (χ0) is 24.8. The molecule has 0 spiro atoms. The first-order valence-electron chi connectivity index (χ1n) is 10.5. The molecule has 0 radical (unpaired) electrons. The molecule has 0 aromatic heterocycles. The van der Waals surface area contributed by atoms with Crippen molar-refractivity contribution in [2.75, 3.05) is 32.0 Å². The van der Waals surface area contributed by atoms with E-state index in [0.29, 0.717) is 6.42 Å². The molecule has 2 rings (SSSR count). The van der Waals surface area contributed by atoms with Crippen molar-refractivity contribution in [2.45, 2.75) is 32.9 Å². The van der Waals surface area contributed by atoms with E-state index in [2.05, 4.69) is 5.32 Å². The van der Waals surface area contributed by atoms with Crippen molar-refractivity contribution < 1.29 is 22.4 Å². The standard InChI is InChI=1S/C23H31FN4O4S/c1-6-20(23(30)25-3)27(15-18-13-11-17(2)12-14-18)22(29)16-28(33(31,32)26(4)5)21-10-8-7-9-19(21)24/h7-14,20H,6,15-16H2,1-5H3,(H,25,30)/t20-/m0/s1. The Bertz CT molecular complexity index is 1070. The molecule has 0 aliphatic carbocycles. The molecule has 2 amide bonds. The summed E-state index contributed by atoms with van der Waals surface area (Å²) in [7, 11) is -0.122. The summed E-state index contributed by atoms with van der Waals surface area (Å²) in [6.45, 7) is 3.13. The lowest BCUT2D eigenvalue weighted by atomic mass is 10.1. The molecular weight excluding hydrogens is 447 g/mol. The quantitative estimate of drug-likeness (QED) is 0.568. The number of para-hydroxylation sites is 1. The molecule has 2 aromatic rings. The topological polar surface area (TPSA) is 90.0 Å². The van der Waals surface area contributed by atoms with E-state index in [0.717, 1.165) is 25.8 Å². The van der Waals surface area contributed by atoms with E-state index in [4.69, 9.17) is 0 Å². The smallest absolute Gasteiger partial charge is 0.304 e. The van der Waals surface area contributed by atoms with Crippen LogP contribution >= 0.6 is 0 Å². The van der Waals surface area contributed by atoms with Crippen LogP contribution in [0.15, 0.2) is 48.5 Å². The minimum atomic E-state index is -4.20. The third kappa shape index (κ3) is 6.29. The average Bonchev–Trinajstić information content (AvgIpc) is 2.78. The molecule has 0 aliphatic rings. The van der Waals surface area contributed by atoms with E-state index >= 15 is 0 Å². The van der Waals surface area contributed by atoms with Gasteiger partial charge in [0.25, 0.3) is 0 Å². The van der Waals surface area contributed by atoms with Gasteiger partial charge in [-0.1, -0.05) is 48.9 Å². The van der Waals surface area contributed by atoms with Gasteiger partial charge in [-0.3, -0.25) is 9.59 Å². The number of benzene rings is 2. The third-order valence-corrected chi connectivity index (χ3v) is 7.05. The Morgan fingerprint density at radius 2 is 1.67 bits per heavy atom. The molecule has 8 nitrogen and oxygen atoms in total. The van der Waals surface area contributed by atoms with Crippen LogP contribution in [0.25, 0.3) is 0 Å². The molecule has 0 saturated heterocycles. The third-order valence-electron chi connectivity index (χ3n) is 5.25. The summed E-state index contributed by atoms with van der Waals surface area (Å²) >= 11 is 0. The molecule has 0 saturated carbocycles. The largest absolute Gasteiger partial charge is 0.357 e. The van der Waals surface area contributed by atoms with Crippen molar-refractivity contribution in [1.29, 1.82) is 0 Å². The molecule has 1 atom stereocenters. The molecule has 0 heterocycles. The Balaban J connectivity index is 2.50. The van der Waals surface area contributed by atoms with Gasteiger partial charge in [-0.05, 0) is 31.0 Å². The summed E-state index contributed by atoms with van der Waals surface area (Å²) in [6, 6.07) is 12.0. The number of nitrogens with one attached hydrogen (secondary N) is 1. The summed E-state index contributed by atoms with van der Waals surface area (Å²) in [4.78, 5) is 27.4. The van der Waals surface area contributed by atoms with Crippen molar-refractivity contribution in [1.82, 2.24) is 14.5 Å². The molecular formula is C23H31FN4O4S. The fourth-order valence-corrected chi connectivity index (χ4v) is 4.40. The van der Waals surface area contributed by atoms with Crippen LogP contribution in [-0.2, 0) is 26.3 Å². The molecule has 0 aliphatic heterocycles. The number of hydrogen-bond acceptors (Lipinski definition) is 4. The van der Waals surface area contributed by atoms with Gasteiger partial charge >= 0.3 is 10.2 Å². The Morgan fingerprint density at radius 3 is 2.18 bits per heavy atom. The first-order chi connectivity index (χ1) is 15.5. The van der Waals surface area contributed by atoms with E-state index < -0.39 is 34.5 Å². The Kier molecular flexibility index (Phi) is 8.95. The van der Waals surface area contributed by atoms with Gasteiger partial charge in [0.1, 0.15) is 18.4 Å². The molecule has 0 fully saturated rings. The lowest BCUT2D eigenvalue weighted by Crippen LogP contribution is -2.53. The van der Waals surface area contributed by atoms with Gasteiger partial charge in [-0.2, -0.15) is 12.7 Å². The summed E-state index contributed by atoms with van der Waals surface area (Å²) in [6.07, 6.45) is 0.317. The average molecular weight is 479 g/mol. The highest BCUT2D eigenvalue weighted by atomic mass is 32.2. The number of anilines is 1. The lowest BCUT2D eigenvalue weighted by Gasteiger charge is -2.33. The van der Waals surface area contributed by atoms with E-state index in [1.165, 1.54) is 44.2 Å². The van der Waals surface area contributed by atoms with Crippen LogP contribution in [0.2, 0.25) is 0 Å².